The second kappa shape index (κ2) is 5.30. The van der Waals surface area contributed by atoms with Gasteiger partial charge in [0.1, 0.15) is 6.10 Å². The molecule has 0 amide bonds. The van der Waals surface area contributed by atoms with Crippen molar-refractivity contribution in [2.75, 3.05) is 11.9 Å². The zero-order chi connectivity index (χ0) is 11.4. The summed E-state index contributed by atoms with van der Waals surface area (Å²) >= 11 is 5.79. The molecule has 1 saturated carbocycles. The lowest BCUT2D eigenvalue weighted by Gasteiger charge is -2.24. The van der Waals surface area contributed by atoms with E-state index in [-0.39, 0.29) is 11.4 Å². The van der Waals surface area contributed by atoms with Crippen LogP contribution in [0.5, 0.6) is 6.01 Å². The highest BCUT2D eigenvalue weighted by Crippen LogP contribution is 2.23. The van der Waals surface area contributed by atoms with E-state index in [4.69, 9.17) is 16.3 Å². The third kappa shape index (κ3) is 2.95. The SMILES string of the molecule is CCCNc1nc(Cl)nc(OC2CCC2)n1. The molecular weight excluding hydrogens is 228 g/mol. The Kier molecular flexibility index (Phi) is 3.77. The van der Waals surface area contributed by atoms with Crippen LogP contribution in [0.15, 0.2) is 0 Å². The van der Waals surface area contributed by atoms with Gasteiger partial charge in [-0.15, -0.1) is 0 Å². The first-order chi connectivity index (χ1) is 7.78. The van der Waals surface area contributed by atoms with Gasteiger partial charge in [-0.3, -0.25) is 0 Å². The van der Waals surface area contributed by atoms with Gasteiger partial charge in [0, 0.05) is 6.54 Å². The molecule has 88 valence electrons. The van der Waals surface area contributed by atoms with Crippen LogP contribution in [0, 0.1) is 0 Å². The van der Waals surface area contributed by atoms with Crippen molar-refractivity contribution in [3.8, 4) is 6.01 Å². The van der Waals surface area contributed by atoms with Crippen molar-refractivity contribution in [3.63, 3.8) is 0 Å². The van der Waals surface area contributed by atoms with Crippen molar-refractivity contribution in [2.24, 2.45) is 0 Å². The van der Waals surface area contributed by atoms with Gasteiger partial charge in [0.2, 0.25) is 11.2 Å². The lowest BCUT2D eigenvalue weighted by atomic mass is 9.96. The van der Waals surface area contributed by atoms with E-state index in [0.717, 1.165) is 25.8 Å². The van der Waals surface area contributed by atoms with Crippen molar-refractivity contribution in [1.82, 2.24) is 15.0 Å². The number of hydrogen-bond acceptors (Lipinski definition) is 5. The second-order valence-electron chi connectivity index (χ2n) is 3.81. The summed E-state index contributed by atoms with van der Waals surface area (Å²) in [5, 5.41) is 3.23. The van der Waals surface area contributed by atoms with Crippen LogP contribution in [0.4, 0.5) is 5.95 Å². The maximum absolute atomic E-state index is 5.79. The highest BCUT2D eigenvalue weighted by atomic mass is 35.5. The second-order valence-corrected chi connectivity index (χ2v) is 4.15. The Morgan fingerprint density at radius 3 is 2.81 bits per heavy atom. The molecule has 1 aromatic heterocycles. The maximum atomic E-state index is 5.79. The Morgan fingerprint density at radius 1 is 1.38 bits per heavy atom. The molecule has 0 atom stereocenters. The Morgan fingerprint density at radius 2 is 2.19 bits per heavy atom. The van der Waals surface area contributed by atoms with Crippen molar-refractivity contribution in [2.45, 2.75) is 38.7 Å². The number of hydrogen-bond donors (Lipinski definition) is 1. The lowest BCUT2D eigenvalue weighted by molar-refractivity contribution is 0.108. The zero-order valence-corrected chi connectivity index (χ0v) is 10.00. The Labute approximate surface area is 99.6 Å². The number of nitrogens with one attached hydrogen (secondary N) is 1. The molecule has 6 heteroatoms. The molecule has 1 heterocycles. The summed E-state index contributed by atoms with van der Waals surface area (Å²) in [5.41, 5.74) is 0. The fourth-order valence-corrected chi connectivity index (χ4v) is 1.49. The summed E-state index contributed by atoms with van der Waals surface area (Å²) in [7, 11) is 0. The molecule has 1 aliphatic rings. The van der Waals surface area contributed by atoms with Crippen molar-refractivity contribution in [3.05, 3.63) is 5.28 Å². The summed E-state index contributed by atoms with van der Waals surface area (Å²) in [5.74, 6) is 0.483. The van der Waals surface area contributed by atoms with E-state index in [9.17, 15) is 0 Å². The molecule has 0 unspecified atom stereocenters. The van der Waals surface area contributed by atoms with Crippen LogP contribution < -0.4 is 10.1 Å². The van der Waals surface area contributed by atoms with Crippen molar-refractivity contribution < 1.29 is 4.74 Å². The van der Waals surface area contributed by atoms with Gasteiger partial charge >= 0.3 is 6.01 Å². The molecule has 1 fully saturated rings. The third-order valence-corrected chi connectivity index (χ3v) is 2.61. The summed E-state index contributed by atoms with van der Waals surface area (Å²) in [6.45, 7) is 2.88. The largest absolute Gasteiger partial charge is 0.460 e. The molecule has 1 aliphatic carbocycles. The average molecular weight is 243 g/mol. The first-order valence-corrected chi connectivity index (χ1v) is 5.98. The Balaban J connectivity index is 2.02. The van der Waals surface area contributed by atoms with Crippen LogP contribution in [0.1, 0.15) is 32.6 Å². The van der Waals surface area contributed by atoms with E-state index >= 15 is 0 Å². The standard InChI is InChI=1S/C10H15ClN4O/c1-2-6-12-9-13-8(11)14-10(15-9)16-7-4-3-5-7/h7H,2-6H2,1H3,(H,12,13,14,15). The number of rotatable bonds is 5. The fourth-order valence-electron chi connectivity index (χ4n) is 1.34. The number of halogens is 1. The molecule has 0 spiro atoms. The first-order valence-electron chi connectivity index (χ1n) is 5.60. The Bertz CT molecular complexity index is 357. The molecule has 2 rings (SSSR count). The smallest absolute Gasteiger partial charge is 0.322 e. The first kappa shape index (κ1) is 11.4. The molecule has 1 aromatic rings. The summed E-state index contributed by atoms with van der Waals surface area (Å²) in [4.78, 5) is 12.1. The minimum absolute atomic E-state index is 0.169. The van der Waals surface area contributed by atoms with E-state index in [1.54, 1.807) is 0 Å². The normalized spacial score (nSPS) is 15.6. The van der Waals surface area contributed by atoms with Crippen LogP contribution in [-0.4, -0.2) is 27.6 Å². The van der Waals surface area contributed by atoms with Gasteiger partial charge in [-0.1, -0.05) is 6.92 Å². The van der Waals surface area contributed by atoms with Crippen LogP contribution in [0.3, 0.4) is 0 Å². The van der Waals surface area contributed by atoms with Crippen molar-refractivity contribution >= 4 is 17.5 Å². The highest BCUT2D eigenvalue weighted by molar-refractivity contribution is 6.28. The Hall–Kier alpha value is -1.10. The van der Waals surface area contributed by atoms with Gasteiger partial charge in [-0.05, 0) is 37.3 Å². The molecule has 0 saturated heterocycles. The lowest BCUT2D eigenvalue weighted by Crippen LogP contribution is -2.25. The van der Waals surface area contributed by atoms with Gasteiger partial charge in [0.15, 0.2) is 0 Å². The minimum atomic E-state index is 0.169. The van der Waals surface area contributed by atoms with Gasteiger partial charge in [-0.25, -0.2) is 0 Å². The number of nitrogens with zero attached hydrogens (tertiary/aromatic N) is 3. The van der Waals surface area contributed by atoms with Crippen LogP contribution in [0.25, 0.3) is 0 Å². The van der Waals surface area contributed by atoms with Crippen LogP contribution in [-0.2, 0) is 0 Å². The van der Waals surface area contributed by atoms with E-state index in [0.29, 0.717) is 12.0 Å². The maximum Gasteiger partial charge on any atom is 0.322 e. The number of ether oxygens (including phenoxy) is 1. The summed E-state index contributed by atoms with van der Waals surface area (Å²) in [6.07, 6.45) is 4.60. The third-order valence-electron chi connectivity index (χ3n) is 2.44. The molecular formula is C10H15ClN4O. The molecule has 0 radical (unpaired) electrons. The zero-order valence-electron chi connectivity index (χ0n) is 9.24. The van der Waals surface area contributed by atoms with E-state index in [1.165, 1.54) is 6.42 Å². The molecule has 16 heavy (non-hydrogen) atoms. The average Bonchev–Trinajstić information content (AvgIpc) is 2.20. The monoisotopic (exact) mass is 242 g/mol. The van der Waals surface area contributed by atoms with Crippen molar-refractivity contribution in [1.29, 1.82) is 0 Å². The molecule has 5 nitrogen and oxygen atoms in total. The van der Waals surface area contributed by atoms with Gasteiger partial charge < -0.3 is 10.1 Å². The highest BCUT2D eigenvalue weighted by Gasteiger charge is 2.20. The van der Waals surface area contributed by atoms with Gasteiger partial charge in [0.25, 0.3) is 0 Å². The van der Waals surface area contributed by atoms with Crippen LogP contribution >= 0.6 is 11.6 Å². The van der Waals surface area contributed by atoms with E-state index in [1.807, 2.05) is 0 Å². The fraction of sp³-hybridized carbons (Fsp3) is 0.700. The molecule has 0 bridgehead atoms. The van der Waals surface area contributed by atoms with Gasteiger partial charge in [-0.2, -0.15) is 15.0 Å². The van der Waals surface area contributed by atoms with Crippen LogP contribution in [0.2, 0.25) is 5.28 Å². The molecule has 1 N–H and O–H groups in total. The quantitative estimate of drug-likeness (QED) is 0.858. The minimum Gasteiger partial charge on any atom is -0.460 e. The van der Waals surface area contributed by atoms with E-state index in [2.05, 4.69) is 27.2 Å². The number of aromatic nitrogens is 3. The molecule has 0 aliphatic heterocycles. The summed E-state index contributed by atoms with van der Waals surface area (Å²) < 4.78 is 5.57. The molecule has 0 aromatic carbocycles. The topological polar surface area (TPSA) is 59.9 Å². The number of anilines is 1. The summed E-state index contributed by atoms with van der Waals surface area (Å²) in [6, 6.07) is 0.323. The predicted octanol–water partition coefficient (Wildman–Crippen LogP) is 2.28. The predicted molar refractivity (Wildman–Crippen MR) is 61.9 cm³/mol. The van der Waals surface area contributed by atoms with E-state index < -0.39 is 0 Å². The van der Waals surface area contributed by atoms with Gasteiger partial charge in [0.05, 0.1) is 0 Å².